The Labute approximate surface area is 209 Å². The molecule has 1 fully saturated rings. The van der Waals surface area contributed by atoms with Crippen LogP contribution in [0.25, 0.3) is 6.08 Å². The molecule has 0 aliphatic carbocycles. The number of nitrogens with zero attached hydrogens (tertiary/aromatic N) is 2. The van der Waals surface area contributed by atoms with Crippen LogP contribution in [0.2, 0.25) is 5.02 Å². The van der Waals surface area contributed by atoms with Crippen molar-refractivity contribution < 1.29 is 9.53 Å². The molecule has 1 amide bonds. The molecule has 34 heavy (non-hydrogen) atoms. The van der Waals surface area contributed by atoms with Crippen LogP contribution in [-0.4, -0.2) is 24.2 Å². The first kappa shape index (κ1) is 23.9. The van der Waals surface area contributed by atoms with Gasteiger partial charge in [0.05, 0.1) is 10.6 Å². The zero-order valence-corrected chi connectivity index (χ0v) is 20.7. The lowest BCUT2D eigenvalue weighted by atomic mass is 10.2. The molecular weight excluding hydrogens is 466 g/mol. The van der Waals surface area contributed by atoms with E-state index in [2.05, 4.69) is 41.2 Å². The predicted octanol–water partition coefficient (Wildman–Crippen LogP) is 6.66. The van der Waals surface area contributed by atoms with Gasteiger partial charge < -0.3 is 15.0 Å². The van der Waals surface area contributed by atoms with Gasteiger partial charge >= 0.3 is 0 Å². The molecule has 0 saturated carbocycles. The van der Waals surface area contributed by atoms with Crippen molar-refractivity contribution in [2.45, 2.75) is 20.5 Å². The number of hydrogen-bond donors (Lipinski definition) is 1. The fraction of sp³-hybridized carbons (Fsp3) is 0.185. The highest BCUT2D eigenvalue weighted by Crippen LogP contribution is 2.29. The molecule has 0 atom stereocenters. The standard InChI is InChI=1S/C27H26ClN3O2S/c1-3-31(4-2)22-13-11-21(12-14-22)29-27-30-26(32)25(34-27)17-19-9-15-23(16-10-19)33-18-20-7-5-6-8-24(20)28/h5-17H,3-4,18H2,1-2H3,(H,29,30,32). The molecule has 1 saturated heterocycles. The maximum Gasteiger partial charge on any atom is 0.264 e. The van der Waals surface area contributed by atoms with Crippen LogP contribution in [0, 0.1) is 0 Å². The minimum Gasteiger partial charge on any atom is -0.489 e. The minimum atomic E-state index is -0.150. The minimum absolute atomic E-state index is 0.150. The molecule has 7 heteroatoms. The normalized spacial score (nSPS) is 15.6. The largest absolute Gasteiger partial charge is 0.489 e. The number of amidine groups is 1. The van der Waals surface area contributed by atoms with E-state index >= 15 is 0 Å². The maximum absolute atomic E-state index is 12.4. The Kier molecular flexibility index (Phi) is 7.93. The molecule has 0 unspecified atom stereocenters. The van der Waals surface area contributed by atoms with Crippen molar-refractivity contribution in [1.82, 2.24) is 5.32 Å². The van der Waals surface area contributed by atoms with E-state index in [4.69, 9.17) is 16.3 Å². The third-order valence-corrected chi connectivity index (χ3v) is 6.67. The summed E-state index contributed by atoms with van der Waals surface area (Å²) in [6, 6.07) is 23.3. The van der Waals surface area contributed by atoms with E-state index in [0.717, 1.165) is 41.3 Å². The lowest BCUT2D eigenvalue weighted by molar-refractivity contribution is -0.115. The van der Waals surface area contributed by atoms with E-state index in [1.165, 1.54) is 11.8 Å². The van der Waals surface area contributed by atoms with E-state index in [-0.39, 0.29) is 5.91 Å². The monoisotopic (exact) mass is 491 g/mol. The van der Waals surface area contributed by atoms with E-state index in [9.17, 15) is 4.79 Å². The number of benzene rings is 3. The summed E-state index contributed by atoms with van der Waals surface area (Å²) >= 11 is 7.51. The van der Waals surface area contributed by atoms with Gasteiger partial charge in [0.2, 0.25) is 0 Å². The summed E-state index contributed by atoms with van der Waals surface area (Å²) in [6.07, 6.45) is 1.85. The van der Waals surface area contributed by atoms with Crippen LogP contribution >= 0.6 is 23.4 Å². The van der Waals surface area contributed by atoms with Gasteiger partial charge in [-0.15, -0.1) is 0 Å². The first-order valence-corrected chi connectivity index (χ1v) is 12.4. The van der Waals surface area contributed by atoms with Gasteiger partial charge in [-0.25, -0.2) is 4.99 Å². The molecule has 1 aliphatic rings. The van der Waals surface area contributed by atoms with E-state index in [0.29, 0.717) is 21.7 Å². The van der Waals surface area contributed by atoms with E-state index in [1.54, 1.807) is 0 Å². The van der Waals surface area contributed by atoms with Gasteiger partial charge in [0, 0.05) is 29.4 Å². The molecule has 174 valence electrons. The van der Waals surface area contributed by atoms with E-state index < -0.39 is 0 Å². The lowest BCUT2D eigenvalue weighted by Crippen LogP contribution is -2.21. The third kappa shape index (κ3) is 6.01. The van der Waals surface area contributed by atoms with Crippen LogP contribution in [0.5, 0.6) is 5.75 Å². The second-order valence-electron chi connectivity index (χ2n) is 7.62. The Morgan fingerprint density at radius 2 is 1.71 bits per heavy atom. The van der Waals surface area contributed by atoms with Crippen LogP contribution in [0.1, 0.15) is 25.0 Å². The molecule has 5 nitrogen and oxygen atoms in total. The fourth-order valence-electron chi connectivity index (χ4n) is 3.51. The highest BCUT2D eigenvalue weighted by Gasteiger charge is 2.23. The Balaban J connectivity index is 1.39. The number of thioether (sulfide) groups is 1. The molecule has 4 rings (SSSR count). The molecule has 1 N–H and O–H groups in total. The summed E-state index contributed by atoms with van der Waals surface area (Å²) in [5, 5.41) is 4.11. The average molecular weight is 492 g/mol. The summed E-state index contributed by atoms with van der Waals surface area (Å²) in [6.45, 7) is 6.58. The van der Waals surface area contributed by atoms with Crippen molar-refractivity contribution in [3.05, 3.63) is 93.9 Å². The van der Waals surface area contributed by atoms with Crippen molar-refractivity contribution in [3.63, 3.8) is 0 Å². The van der Waals surface area contributed by atoms with Gasteiger partial charge in [-0.1, -0.05) is 41.9 Å². The highest BCUT2D eigenvalue weighted by atomic mass is 35.5. The van der Waals surface area contributed by atoms with Crippen molar-refractivity contribution in [3.8, 4) is 5.75 Å². The Morgan fingerprint density at radius 1 is 1.00 bits per heavy atom. The van der Waals surface area contributed by atoms with Crippen LogP contribution < -0.4 is 15.0 Å². The van der Waals surface area contributed by atoms with Gasteiger partial charge in [0.15, 0.2) is 5.17 Å². The molecule has 1 aliphatic heterocycles. The summed E-state index contributed by atoms with van der Waals surface area (Å²) in [4.78, 5) is 19.9. The topological polar surface area (TPSA) is 53.9 Å². The Hall–Kier alpha value is -3.22. The van der Waals surface area contributed by atoms with Crippen LogP contribution in [-0.2, 0) is 11.4 Å². The number of hydrogen-bond acceptors (Lipinski definition) is 5. The molecule has 1 heterocycles. The number of anilines is 1. The van der Waals surface area contributed by atoms with Crippen LogP contribution in [0.3, 0.4) is 0 Å². The number of halogens is 1. The van der Waals surface area contributed by atoms with Gasteiger partial charge in [-0.2, -0.15) is 0 Å². The van der Waals surface area contributed by atoms with Crippen molar-refractivity contribution in [2.24, 2.45) is 4.99 Å². The second-order valence-corrected chi connectivity index (χ2v) is 9.06. The average Bonchev–Trinajstić information content (AvgIpc) is 3.19. The highest BCUT2D eigenvalue weighted by molar-refractivity contribution is 8.18. The number of aliphatic imine (C=N–C) groups is 1. The van der Waals surface area contributed by atoms with Crippen LogP contribution in [0.15, 0.2) is 82.7 Å². The van der Waals surface area contributed by atoms with Gasteiger partial charge in [0.1, 0.15) is 12.4 Å². The SMILES string of the molecule is CCN(CC)c1ccc(N=C2NC(=O)C(=Cc3ccc(OCc4ccccc4Cl)cc3)S2)cc1. The number of carbonyl (C=O) groups excluding carboxylic acids is 1. The molecule has 0 aromatic heterocycles. The zero-order valence-electron chi connectivity index (χ0n) is 19.1. The number of nitrogens with one attached hydrogen (secondary N) is 1. The number of ether oxygens (including phenoxy) is 1. The zero-order chi connectivity index (χ0) is 23.9. The van der Waals surface area contributed by atoms with Crippen molar-refractivity contribution >= 4 is 51.9 Å². The van der Waals surface area contributed by atoms with Gasteiger partial charge in [-0.05, 0) is 79.7 Å². The summed E-state index contributed by atoms with van der Waals surface area (Å²) in [5.74, 6) is 0.587. The first-order valence-electron chi connectivity index (χ1n) is 11.2. The number of carbonyl (C=O) groups is 1. The second kappa shape index (κ2) is 11.3. The van der Waals surface area contributed by atoms with Crippen molar-refractivity contribution in [2.75, 3.05) is 18.0 Å². The molecule has 0 spiro atoms. The Bertz CT molecular complexity index is 1200. The first-order chi connectivity index (χ1) is 16.6. The van der Waals surface area contributed by atoms with Crippen molar-refractivity contribution in [1.29, 1.82) is 0 Å². The third-order valence-electron chi connectivity index (χ3n) is 5.39. The maximum atomic E-state index is 12.4. The number of amides is 1. The molecule has 0 bridgehead atoms. The van der Waals surface area contributed by atoms with Gasteiger partial charge in [-0.3, -0.25) is 4.79 Å². The quantitative estimate of drug-likeness (QED) is 0.358. The summed E-state index contributed by atoms with van der Waals surface area (Å²) in [5.41, 5.74) is 3.81. The summed E-state index contributed by atoms with van der Waals surface area (Å²) < 4.78 is 5.83. The summed E-state index contributed by atoms with van der Waals surface area (Å²) in [7, 11) is 0. The molecule has 3 aromatic carbocycles. The molecular formula is C27H26ClN3O2S. The smallest absolute Gasteiger partial charge is 0.264 e. The Morgan fingerprint density at radius 3 is 2.38 bits per heavy atom. The lowest BCUT2D eigenvalue weighted by Gasteiger charge is -2.20. The number of rotatable bonds is 8. The van der Waals surface area contributed by atoms with Crippen LogP contribution in [0.4, 0.5) is 11.4 Å². The fourth-order valence-corrected chi connectivity index (χ4v) is 4.54. The predicted molar refractivity (Wildman–Crippen MR) is 143 cm³/mol. The van der Waals surface area contributed by atoms with Gasteiger partial charge in [0.25, 0.3) is 5.91 Å². The van der Waals surface area contributed by atoms with E-state index in [1.807, 2.05) is 66.7 Å². The molecule has 0 radical (unpaired) electrons. The molecule has 3 aromatic rings.